The van der Waals surface area contributed by atoms with Crippen LogP contribution >= 0.6 is 0 Å². The van der Waals surface area contributed by atoms with Crippen molar-refractivity contribution in [1.82, 2.24) is 20.6 Å². The van der Waals surface area contributed by atoms with Crippen molar-refractivity contribution in [2.45, 2.75) is 52.1 Å². The summed E-state index contributed by atoms with van der Waals surface area (Å²) in [6.07, 6.45) is 6.61. The molecule has 1 amide bonds. The summed E-state index contributed by atoms with van der Waals surface area (Å²) in [5.41, 5.74) is 4.39. The maximum atomic E-state index is 14.0. The Morgan fingerprint density at radius 1 is 1.24 bits per heavy atom. The van der Waals surface area contributed by atoms with Gasteiger partial charge in [0.25, 0.3) is 0 Å². The zero-order valence-electron chi connectivity index (χ0n) is 20.5. The number of ether oxygens (including phenoxy) is 1. The predicted molar refractivity (Wildman–Crippen MR) is 134 cm³/mol. The largest absolute Gasteiger partial charge is 0.496 e. The minimum Gasteiger partial charge on any atom is -0.496 e. The Hall–Kier alpha value is -3.19. The summed E-state index contributed by atoms with van der Waals surface area (Å²) in [5, 5.41) is 7.27. The van der Waals surface area contributed by atoms with Crippen molar-refractivity contribution in [3.8, 4) is 16.9 Å². The number of methoxy groups -OCH3 is 1. The summed E-state index contributed by atoms with van der Waals surface area (Å²) in [6, 6.07) is 8.49. The molecule has 7 heteroatoms. The van der Waals surface area contributed by atoms with Gasteiger partial charge in [-0.15, -0.1) is 0 Å². The second kappa shape index (κ2) is 9.58. The topological polar surface area (TPSA) is 79.0 Å². The summed E-state index contributed by atoms with van der Waals surface area (Å²) in [5.74, 6) is 0.326. The molecule has 1 unspecified atom stereocenters. The Kier molecular flexibility index (Phi) is 6.75. The number of nitrogens with zero attached hydrogens (tertiary/aromatic N) is 1. The van der Waals surface area contributed by atoms with Crippen LogP contribution in [0.15, 0.2) is 42.6 Å². The second-order valence-corrected chi connectivity index (χ2v) is 9.93. The summed E-state index contributed by atoms with van der Waals surface area (Å²) >= 11 is 0. The smallest absolute Gasteiger partial charge is 0.237 e. The van der Waals surface area contributed by atoms with Crippen LogP contribution < -0.4 is 15.4 Å². The molecule has 0 fully saturated rings. The molecule has 0 spiro atoms. The molecule has 0 saturated carbocycles. The first-order chi connectivity index (χ1) is 16.2. The number of pyridine rings is 1. The summed E-state index contributed by atoms with van der Waals surface area (Å²) in [6.45, 7) is 6.23. The number of nitrogens with one attached hydrogen (secondary N) is 3. The van der Waals surface area contributed by atoms with Crippen molar-refractivity contribution in [3.05, 3.63) is 54.1 Å². The molecule has 1 aromatic carbocycles. The van der Waals surface area contributed by atoms with Crippen molar-refractivity contribution in [1.29, 1.82) is 0 Å². The van der Waals surface area contributed by atoms with Crippen LogP contribution in [0.2, 0.25) is 0 Å². The lowest BCUT2D eigenvalue weighted by Crippen LogP contribution is -2.54. The molecule has 3 N–H and O–H groups in total. The first-order valence-electron chi connectivity index (χ1n) is 11.7. The van der Waals surface area contributed by atoms with Gasteiger partial charge in [-0.3, -0.25) is 4.79 Å². The lowest BCUT2D eigenvalue weighted by Gasteiger charge is -2.34. The maximum Gasteiger partial charge on any atom is 0.237 e. The van der Waals surface area contributed by atoms with Crippen molar-refractivity contribution in [2.24, 2.45) is 5.41 Å². The van der Waals surface area contributed by atoms with Crippen molar-refractivity contribution >= 4 is 22.5 Å². The van der Waals surface area contributed by atoms with E-state index in [4.69, 9.17) is 4.74 Å². The van der Waals surface area contributed by atoms with Gasteiger partial charge in [-0.25, -0.2) is 9.37 Å². The highest BCUT2D eigenvalue weighted by atomic mass is 19.1. The van der Waals surface area contributed by atoms with Crippen LogP contribution in [0, 0.1) is 11.2 Å². The first kappa shape index (κ1) is 24.0. The second-order valence-electron chi connectivity index (χ2n) is 9.93. The SMILES string of the molecule is CNC(=O)[C@@H](NC1CC=C(c2cc3c(-c4cc(F)ccc4OC)ccnc3[nH]2)CC1)C(C)(C)C. The lowest BCUT2D eigenvalue weighted by atomic mass is 9.84. The maximum absolute atomic E-state index is 14.0. The van der Waals surface area contributed by atoms with Crippen LogP contribution in [0.25, 0.3) is 27.7 Å². The molecule has 0 saturated heterocycles. The van der Waals surface area contributed by atoms with Gasteiger partial charge < -0.3 is 20.4 Å². The van der Waals surface area contributed by atoms with E-state index in [0.29, 0.717) is 11.3 Å². The molecule has 180 valence electrons. The Bertz CT molecular complexity index is 1230. The number of rotatable bonds is 6. The normalized spacial score (nSPS) is 17.4. The number of hydrogen-bond acceptors (Lipinski definition) is 4. The van der Waals surface area contributed by atoms with Crippen LogP contribution in [0.5, 0.6) is 5.75 Å². The fourth-order valence-corrected chi connectivity index (χ4v) is 4.65. The van der Waals surface area contributed by atoms with Gasteiger partial charge >= 0.3 is 0 Å². The predicted octanol–water partition coefficient (Wildman–Crippen LogP) is 5.06. The van der Waals surface area contributed by atoms with Gasteiger partial charge in [0.05, 0.1) is 13.2 Å². The highest BCUT2D eigenvalue weighted by molar-refractivity contribution is 5.96. The average molecular weight is 465 g/mol. The molecular weight excluding hydrogens is 431 g/mol. The molecule has 2 aromatic heterocycles. The van der Waals surface area contributed by atoms with Crippen LogP contribution in [0.1, 0.15) is 45.7 Å². The van der Waals surface area contributed by atoms with Gasteiger partial charge in [0, 0.05) is 35.9 Å². The highest BCUT2D eigenvalue weighted by Crippen LogP contribution is 2.37. The van der Waals surface area contributed by atoms with E-state index in [1.54, 1.807) is 26.4 Å². The number of aromatic amines is 1. The zero-order chi connectivity index (χ0) is 24.5. The number of carbonyl (C=O) groups excluding carboxylic acids is 1. The van der Waals surface area contributed by atoms with Crippen LogP contribution in [0.4, 0.5) is 4.39 Å². The number of halogens is 1. The molecule has 4 rings (SSSR count). The van der Waals surface area contributed by atoms with Gasteiger partial charge in [0.1, 0.15) is 17.2 Å². The van der Waals surface area contributed by atoms with Crippen molar-refractivity contribution in [2.75, 3.05) is 14.2 Å². The van der Waals surface area contributed by atoms with Gasteiger partial charge in [-0.1, -0.05) is 26.8 Å². The molecule has 6 nitrogen and oxygen atoms in total. The fourth-order valence-electron chi connectivity index (χ4n) is 4.65. The van der Waals surface area contributed by atoms with Crippen LogP contribution in [-0.2, 0) is 4.79 Å². The molecule has 1 aliphatic carbocycles. The summed E-state index contributed by atoms with van der Waals surface area (Å²) in [4.78, 5) is 20.3. The van der Waals surface area contributed by atoms with E-state index in [0.717, 1.165) is 41.6 Å². The highest BCUT2D eigenvalue weighted by Gasteiger charge is 2.33. The standard InChI is InChI=1S/C27H33FN4O2/c1-27(2,3)24(26(33)29-4)31-18-9-6-16(7-10-18)22-15-21-19(12-13-30-25(21)32-22)20-14-17(28)8-11-23(20)34-5/h6,8,11-15,18,24,31H,7,9-10H2,1-5H3,(H,29,33)(H,30,32)/t18?,24-/m1/s1. The Balaban J connectivity index is 1.59. The molecule has 2 heterocycles. The minimum absolute atomic E-state index is 0.0178. The van der Waals surface area contributed by atoms with Gasteiger partial charge in [-0.05, 0) is 66.1 Å². The number of likely N-dealkylation sites (N-methyl/N-ethyl adjacent to an activating group) is 1. The van der Waals surface area contributed by atoms with E-state index in [2.05, 4.69) is 53.5 Å². The Morgan fingerprint density at radius 2 is 2.03 bits per heavy atom. The summed E-state index contributed by atoms with van der Waals surface area (Å²) < 4.78 is 19.5. The number of benzene rings is 1. The molecule has 0 bridgehead atoms. The van der Waals surface area contributed by atoms with Gasteiger partial charge in [0.2, 0.25) is 5.91 Å². The van der Waals surface area contributed by atoms with Crippen LogP contribution in [0.3, 0.4) is 0 Å². The fraction of sp³-hybridized carbons (Fsp3) is 0.407. The quantitative estimate of drug-likeness (QED) is 0.476. The zero-order valence-corrected chi connectivity index (χ0v) is 20.5. The van der Waals surface area contributed by atoms with E-state index in [9.17, 15) is 9.18 Å². The van der Waals surface area contributed by atoms with E-state index >= 15 is 0 Å². The number of aromatic nitrogens is 2. The number of H-pyrrole nitrogens is 1. The number of carbonyl (C=O) groups is 1. The molecule has 0 radical (unpaired) electrons. The third kappa shape index (κ3) is 4.85. The van der Waals surface area contributed by atoms with Gasteiger partial charge in [0.15, 0.2) is 0 Å². The van der Waals surface area contributed by atoms with E-state index in [1.807, 2.05) is 6.07 Å². The molecule has 1 aliphatic rings. The van der Waals surface area contributed by atoms with Crippen molar-refractivity contribution < 1.29 is 13.9 Å². The number of amides is 1. The number of fused-ring (bicyclic) bond motifs is 1. The van der Waals surface area contributed by atoms with E-state index < -0.39 is 0 Å². The van der Waals surface area contributed by atoms with Crippen LogP contribution in [-0.4, -0.2) is 42.1 Å². The molecule has 2 atom stereocenters. The third-order valence-electron chi connectivity index (χ3n) is 6.52. The molecule has 34 heavy (non-hydrogen) atoms. The third-order valence-corrected chi connectivity index (χ3v) is 6.52. The Morgan fingerprint density at radius 3 is 2.68 bits per heavy atom. The van der Waals surface area contributed by atoms with Crippen molar-refractivity contribution in [3.63, 3.8) is 0 Å². The number of allylic oxidation sites excluding steroid dienone is 1. The van der Waals surface area contributed by atoms with E-state index in [1.165, 1.54) is 17.7 Å². The van der Waals surface area contributed by atoms with Gasteiger partial charge in [-0.2, -0.15) is 0 Å². The first-order valence-corrected chi connectivity index (χ1v) is 11.7. The lowest BCUT2D eigenvalue weighted by molar-refractivity contribution is -0.125. The minimum atomic E-state index is -0.310. The Labute approximate surface area is 200 Å². The monoisotopic (exact) mass is 464 g/mol. The number of hydrogen-bond donors (Lipinski definition) is 3. The van der Waals surface area contributed by atoms with E-state index in [-0.39, 0.29) is 29.2 Å². The summed E-state index contributed by atoms with van der Waals surface area (Å²) in [7, 11) is 3.27. The molecule has 0 aliphatic heterocycles. The molecule has 3 aromatic rings. The molecular formula is C27H33FN4O2. The average Bonchev–Trinajstić information content (AvgIpc) is 3.26.